The van der Waals surface area contributed by atoms with Gasteiger partial charge in [0, 0.05) is 11.3 Å². The van der Waals surface area contributed by atoms with E-state index in [1.807, 2.05) is 75.4 Å². The molecule has 192 valence electrons. The second kappa shape index (κ2) is 9.89. The van der Waals surface area contributed by atoms with Gasteiger partial charge in [-0.05, 0) is 64.8 Å². The van der Waals surface area contributed by atoms with Crippen LogP contribution in [0.5, 0.6) is 5.75 Å². The number of ketones is 1. The molecule has 1 atom stereocenters. The van der Waals surface area contributed by atoms with Crippen LogP contribution in [0.25, 0.3) is 5.76 Å². The van der Waals surface area contributed by atoms with Gasteiger partial charge in [0.2, 0.25) is 0 Å². The van der Waals surface area contributed by atoms with Gasteiger partial charge in [0.25, 0.3) is 11.7 Å². The maximum atomic E-state index is 13.5. The number of hydrogen-bond donors (Lipinski definition) is 1. The fraction of sp³-hybridized carbons (Fsp3) is 0.312. The summed E-state index contributed by atoms with van der Waals surface area (Å²) >= 11 is 0. The molecule has 1 amide bonds. The van der Waals surface area contributed by atoms with E-state index in [2.05, 4.69) is 20.8 Å². The molecule has 5 heteroatoms. The highest BCUT2D eigenvalue weighted by atomic mass is 16.5. The van der Waals surface area contributed by atoms with Crippen molar-refractivity contribution < 1.29 is 19.4 Å². The largest absolute Gasteiger partial charge is 0.507 e. The number of nitrogens with zero attached hydrogens (tertiary/aromatic N) is 1. The minimum atomic E-state index is -0.763. The average molecular weight is 498 g/mol. The van der Waals surface area contributed by atoms with E-state index in [1.54, 1.807) is 19.2 Å². The number of aryl methyl sites for hydroxylation is 1. The van der Waals surface area contributed by atoms with Crippen molar-refractivity contribution in [3.05, 3.63) is 100 Å². The molecule has 3 aromatic carbocycles. The Labute approximate surface area is 219 Å². The first-order valence-corrected chi connectivity index (χ1v) is 12.6. The average Bonchev–Trinajstić information content (AvgIpc) is 3.13. The second-order valence-electron chi connectivity index (χ2n) is 10.9. The Morgan fingerprint density at radius 1 is 0.973 bits per heavy atom. The zero-order valence-electron chi connectivity index (χ0n) is 22.6. The lowest BCUT2D eigenvalue weighted by molar-refractivity contribution is -0.132. The number of anilines is 1. The molecule has 0 spiro atoms. The van der Waals surface area contributed by atoms with Gasteiger partial charge in [-0.2, -0.15) is 0 Å². The third-order valence-electron chi connectivity index (χ3n) is 7.03. The van der Waals surface area contributed by atoms with Crippen molar-refractivity contribution in [3.8, 4) is 5.75 Å². The fourth-order valence-electron chi connectivity index (χ4n) is 4.89. The summed E-state index contributed by atoms with van der Waals surface area (Å²) in [6, 6.07) is 20.0. The van der Waals surface area contributed by atoms with Crippen molar-refractivity contribution in [2.45, 2.75) is 58.9 Å². The highest BCUT2D eigenvalue weighted by molar-refractivity contribution is 6.51. The van der Waals surface area contributed by atoms with Gasteiger partial charge in [-0.1, -0.05) is 77.1 Å². The molecule has 1 unspecified atom stereocenters. The van der Waals surface area contributed by atoms with E-state index in [9.17, 15) is 14.7 Å². The van der Waals surface area contributed by atoms with Crippen molar-refractivity contribution in [2.75, 3.05) is 12.0 Å². The Kier molecular flexibility index (Phi) is 7.00. The number of ether oxygens (including phenoxy) is 1. The first kappa shape index (κ1) is 26.2. The standard InChI is InChI=1S/C32H35NO4/c1-19(2)24-18-25(20(3)17-26(24)37-7)29(34)27-28(21-13-15-22(16-14-21)32(4,5)6)33(31(36)30(27)35)23-11-9-8-10-12-23/h8-19,28,34H,1-7H3/b29-27+. The van der Waals surface area contributed by atoms with E-state index in [1.165, 1.54) is 4.90 Å². The summed E-state index contributed by atoms with van der Waals surface area (Å²) in [6.07, 6.45) is 0. The number of amides is 1. The predicted molar refractivity (Wildman–Crippen MR) is 148 cm³/mol. The maximum absolute atomic E-state index is 13.5. The molecule has 4 rings (SSSR count). The zero-order chi connectivity index (χ0) is 27.1. The van der Waals surface area contributed by atoms with E-state index < -0.39 is 17.7 Å². The highest BCUT2D eigenvalue weighted by Gasteiger charge is 2.47. The molecule has 0 radical (unpaired) electrons. The summed E-state index contributed by atoms with van der Waals surface area (Å²) in [5, 5.41) is 11.7. The molecule has 1 aliphatic rings. The van der Waals surface area contributed by atoms with Crippen LogP contribution < -0.4 is 9.64 Å². The van der Waals surface area contributed by atoms with Crippen LogP contribution >= 0.6 is 0 Å². The smallest absolute Gasteiger partial charge is 0.300 e. The molecule has 37 heavy (non-hydrogen) atoms. The number of hydrogen-bond acceptors (Lipinski definition) is 4. The first-order valence-electron chi connectivity index (χ1n) is 12.6. The SMILES string of the molecule is COc1cc(C)c(/C(O)=C2\C(=O)C(=O)N(c3ccccc3)C2c2ccc(C(C)(C)C)cc2)cc1C(C)C. The normalized spacial score (nSPS) is 17.5. The van der Waals surface area contributed by atoms with Gasteiger partial charge < -0.3 is 9.84 Å². The molecule has 0 aliphatic carbocycles. The minimum Gasteiger partial charge on any atom is -0.507 e. The van der Waals surface area contributed by atoms with Gasteiger partial charge in [0.1, 0.15) is 11.5 Å². The molecule has 0 saturated carbocycles. The molecule has 0 aromatic heterocycles. The second-order valence-corrected chi connectivity index (χ2v) is 10.9. The molecule has 1 saturated heterocycles. The first-order chi connectivity index (χ1) is 17.5. The fourth-order valence-corrected chi connectivity index (χ4v) is 4.89. The summed E-state index contributed by atoms with van der Waals surface area (Å²) in [6.45, 7) is 12.4. The number of Topliss-reactive ketones (excluding diaryl/α,β-unsaturated/α-hetero) is 1. The molecule has 5 nitrogen and oxygen atoms in total. The molecule has 0 bridgehead atoms. The van der Waals surface area contributed by atoms with Crippen molar-refractivity contribution in [1.82, 2.24) is 0 Å². The summed E-state index contributed by atoms with van der Waals surface area (Å²) in [4.78, 5) is 28.5. The number of carbonyl (C=O) groups excluding carboxylic acids is 2. The Balaban J connectivity index is 1.97. The van der Waals surface area contributed by atoms with Crippen LogP contribution in [0.3, 0.4) is 0 Å². The van der Waals surface area contributed by atoms with E-state index in [0.717, 1.165) is 28.0 Å². The Bertz CT molecular complexity index is 1360. The van der Waals surface area contributed by atoms with Crippen LogP contribution in [-0.2, 0) is 15.0 Å². The third kappa shape index (κ3) is 4.78. The van der Waals surface area contributed by atoms with E-state index in [0.29, 0.717) is 11.3 Å². The molecular weight excluding hydrogens is 462 g/mol. The van der Waals surface area contributed by atoms with Gasteiger partial charge in [-0.25, -0.2) is 0 Å². The van der Waals surface area contributed by atoms with Crippen molar-refractivity contribution in [3.63, 3.8) is 0 Å². The highest BCUT2D eigenvalue weighted by Crippen LogP contribution is 2.43. The van der Waals surface area contributed by atoms with Crippen LogP contribution in [0.15, 0.2) is 72.3 Å². The lowest BCUT2D eigenvalue weighted by Gasteiger charge is -2.27. The number of aliphatic hydroxyl groups excluding tert-OH is 1. The molecule has 1 N–H and O–H groups in total. The number of methoxy groups -OCH3 is 1. The van der Waals surface area contributed by atoms with Crippen LogP contribution in [0.2, 0.25) is 0 Å². The lowest BCUT2D eigenvalue weighted by Crippen LogP contribution is -2.29. The van der Waals surface area contributed by atoms with Crippen LogP contribution in [0.4, 0.5) is 5.69 Å². The summed E-state index contributed by atoms with van der Waals surface area (Å²) < 4.78 is 5.56. The van der Waals surface area contributed by atoms with Crippen molar-refractivity contribution in [2.24, 2.45) is 0 Å². The van der Waals surface area contributed by atoms with Gasteiger partial charge in [-0.15, -0.1) is 0 Å². The molecular formula is C32H35NO4. The Morgan fingerprint density at radius 3 is 2.14 bits per heavy atom. The topological polar surface area (TPSA) is 66.8 Å². The molecule has 1 heterocycles. The quantitative estimate of drug-likeness (QED) is 0.233. The van der Waals surface area contributed by atoms with Crippen LogP contribution in [-0.4, -0.2) is 23.9 Å². The van der Waals surface area contributed by atoms with E-state index >= 15 is 0 Å². The van der Waals surface area contributed by atoms with Gasteiger partial charge in [0.15, 0.2) is 0 Å². The van der Waals surface area contributed by atoms with Crippen molar-refractivity contribution in [1.29, 1.82) is 0 Å². The molecule has 1 aliphatic heterocycles. The monoisotopic (exact) mass is 497 g/mol. The lowest BCUT2D eigenvalue weighted by atomic mass is 9.85. The predicted octanol–water partition coefficient (Wildman–Crippen LogP) is 7.05. The van der Waals surface area contributed by atoms with Crippen LogP contribution in [0, 0.1) is 6.92 Å². The number of carbonyl (C=O) groups is 2. The van der Waals surface area contributed by atoms with Gasteiger partial charge in [-0.3, -0.25) is 14.5 Å². The number of para-hydroxylation sites is 1. The van der Waals surface area contributed by atoms with Crippen LogP contribution in [0.1, 0.15) is 74.4 Å². The maximum Gasteiger partial charge on any atom is 0.300 e. The van der Waals surface area contributed by atoms with E-state index in [4.69, 9.17) is 4.74 Å². The molecule has 3 aromatic rings. The number of aliphatic hydroxyl groups is 1. The van der Waals surface area contributed by atoms with Crippen molar-refractivity contribution >= 4 is 23.1 Å². The number of rotatable bonds is 5. The Morgan fingerprint density at radius 2 is 1.59 bits per heavy atom. The zero-order valence-corrected chi connectivity index (χ0v) is 22.6. The van der Waals surface area contributed by atoms with E-state index in [-0.39, 0.29) is 22.7 Å². The van der Waals surface area contributed by atoms with Gasteiger partial charge in [0.05, 0.1) is 18.7 Å². The summed E-state index contributed by atoms with van der Waals surface area (Å²) in [5.74, 6) is -0.679. The third-order valence-corrected chi connectivity index (χ3v) is 7.03. The molecule has 1 fully saturated rings. The minimum absolute atomic E-state index is 0.0484. The Hall–Kier alpha value is -3.86. The summed E-state index contributed by atoms with van der Waals surface area (Å²) in [5.41, 5.74) is 4.72. The number of benzene rings is 3. The summed E-state index contributed by atoms with van der Waals surface area (Å²) in [7, 11) is 1.62. The van der Waals surface area contributed by atoms with Gasteiger partial charge >= 0.3 is 0 Å².